The molecule has 1 heterocycles. The van der Waals surface area contributed by atoms with Crippen molar-refractivity contribution in [3.05, 3.63) is 35.4 Å². The van der Waals surface area contributed by atoms with E-state index in [1.54, 1.807) is 0 Å². The molecule has 0 spiro atoms. The van der Waals surface area contributed by atoms with Crippen LogP contribution in [0.2, 0.25) is 0 Å². The van der Waals surface area contributed by atoms with Crippen molar-refractivity contribution in [2.45, 2.75) is 32.4 Å². The van der Waals surface area contributed by atoms with E-state index in [1.807, 2.05) is 0 Å². The van der Waals surface area contributed by atoms with E-state index < -0.39 is 0 Å². The van der Waals surface area contributed by atoms with Crippen LogP contribution in [0.25, 0.3) is 0 Å². The molecule has 1 fully saturated rings. The third-order valence-electron chi connectivity index (χ3n) is 3.18. The van der Waals surface area contributed by atoms with Crippen molar-refractivity contribution in [3.63, 3.8) is 0 Å². The van der Waals surface area contributed by atoms with Gasteiger partial charge in [0.2, 0.25) is 0 Å². The van der Waals surface area contributed by atoms with Crippen molar-refractivity contribution < 1.29 is 0 Å². The summed E-state index contributed by atoms with van der Waals surface area (Å²) in [4.78, 5) is 0. The number of nitrogens with one attached hydrogen (secondary N) is 2. The second kappa shape index (κ2) is 6.89. The van der Waals surface area contributed by atoms with E-state index in [1.165, 1.54) is 24.0 Å². The van der Waals surface area contributed by atoms with Gasteiger partial charge in [-0.1, -0.05) is 24.3 Å². The lowest BCUT2D eigenvalue weighted by Gasteiger charge is -2.24. The highest BCUT2D eigenvalue weighted by molar-refractivity contribution is 5.85. The Morgan fingerprint density at radius 2 is 1.94 bits per heavy atom. The summed E-state index contributed by atoms with van der Waals surface area (Å²) in [5.74, 6) is 0. The molecule has 1 aliphatic heterocycles. The van der Waals surface area contributed by atoms with E-state index in [0.29, 0.717) is 6.04 Å². The molecule has 0 atom stereocenters. The summed E-state index contributed by atoms with van der Waals surface area (Å²) in [5, 5.41) is 7.02. The molecule has 0 saturated carbocycles. The molecule has 16 heavy (non-hydrogen) atoms. The van der Waals surface area contributed by atoms with Gasteiger partial charge in [-0.15, -0.1) is 12.4 Å². The molecule has 3 heteroatoms. The van der Waals surface area contributed by atoms with Gasteiger partial charge in [0.15, 0.2) is 0 Å². The lowest BCUT2D eigenvalue weighted by molar-refractivity contribution is 0.386. The van der Waals surface area contributed by atoms with Gasteiger partial charge in [-0.3, -0.25) is 0 Å². The van der Waals surface area contributed by atoms with Crippen LogP contribution in [0.4, 0.5) is 0 Å². The molecule has 0 aromatic heterocycles. The average molecular weight is 241 g/mol. The van der Waals surface area contributed by atoms with Crippen LogP contribution in [0.15, 0.2) is 24.3 Å². The maximum atomic E-state index is 3.64. The Kier molecular flexibility index (Phi) is 5.81. The van der Waals surface area contributed by atoms with Gasteiger partial charge in [0.25, 0.3) is 0 Å². The third kappa shape index (κ3) is 3.78. The van der Waals surface area contributed by atoms with Gasteiger partial charge in [0, 0.05) is 12.6 Å². The molecule has 1 saturated heterocycles. The molecule has 0 unspecified atom stereocenters. The van der Waals surface area contributed by atoms with Gasteiger partial charge >= 0.3 is 0 Å². The average Bonchev–Trinajstić information content (AvgIpc) is 2.29. The minimum absolute atomic E-state index is 0. The largest absolute Gasteiger partial charge is 0.317 e. The highest BCUT2D eigenvalue weighted by Gasteiger charge is 2.11. The monoisotopic (exact) mass is 240 g/mol. The Labute approximate surface area is 104 Å². The molecule has 0 bridgehead atoms. The van der Waals surface area contributed by atoms with Crippen molar-refractivity contribution in [1.29, 1.82) is 0 Å². The number of hydrogen-bond donors (Lipinski definition) is 2. The van der Waals surface area contributed by atoms with Gasteiger partial charge in [-0.25, -0.2) is 0 Å². The Hall–Kier alpha value is -0.570. The van der Waals surface area contributed by atoms with Crippen LogP contribution in [0, 0.1) is 6.92 Å². The number of benzene rings is 1. The molecule has 90 valence electrons. The molecule has 0 aliphatic carbocycles. The SMILES string of the molecule is Cc1ccccc1CNC1CCNCC1.Cl. The summed E-state index contributed by atoms with van der Waals surface area (Å²) >= 11 is 0. The zero-order valence-electron chi connectivity index (χ0n) is 9.83. The number of piperidine rings is 1. The summed E-state index contributed by atoms with van der Waals surface area (Å²) in [6.07, 6.45) is 2.51. The Morgan fingerprint density at radius 3 is 2.62 bits per heavy atom. The fourth-order valence-electron chi connectivity index (χ4n) is 2.09. The first-order chi connectivity index (χ1) is 7.36. The van der Waals surface area contributed by atoms with Gasteiger partial charge in [-0.2, -0.15) is 0 Å². The smallest absolute Gasteiger partial charge is 0.0210 e. The van der Waals surface area contributed by atoms with Crippen LogP contribution in [0.5, 0.6) is 0 Å². The molecule has 0 amide bonds. The van der Waals surface area contributed by atoms with Gasteiger partial charge in [0.1, 0.15) is 0 Å². The zero-order valence-corrected chi connectivity index (χ0v) is 10.6. The summed E-state index contributed by atoms with van der Waals surface area (Å²) in [5.41, 5.74) is 2.81. The van der Waals surface area contributed by atoms with Crippen molar-refractivity contribution in [2.75, 3.05) is 13.1 Å². The van der Waals surface area contributed by atoms with Crippen LogP contribution >= 0.6 is 12.4 Å². The Bertz CT molecular complexity index is 309. The molecule has 1 aromatic rings. The maximum absolute atomic E-state index is 3.64. The first-order valence-electron chi connectivity index (χ1n) is 5.85. The second-order valence-electron chi connectivity index (χ2n) is 4.33. The minimum atomic E-state index is 0. The topological polar surface area (TPSA) is 24.1 Å². The highest BCUT2D eigenvalue weighted by atomic mass is 35.5. The summed E-state index contributed by atoms with van der Waals surface area (Å²) in [6, 6.07) is 9.31. The van der Waals surface area contributed by atoms with Crippen molar-refractivity contribution in [3.8, 4) is 0 Å². The van der Waals surface area contributed by atoms with Crippen LogP contribution in [-0.4, -0.2) is 19.1 Å². The normalized spacial score (nSPS) is 16.8. The standard InChI is InChI=1S/C13H20N2.ClH/c1-11-4-2-3-5-12(11)10-15-13-6-8-14-9-7-13;/h2-5,13-15H,6-10H2,1H3;1H. The number of aryl methyl sites for hydroxylation is 1. The zero-order chi connectivity index (χ0) is 10.5. The Morgan fingerprint density at radius 1 is 1.25 bits per heavy atom. The van der Waals surface area contributed by atoms with E-state index in [0.717, 1.165) is 19.6 Å². The van der Waals surface area contributed by atoms with Crippen molar-refractivity contribution in [1.82, 2.24) is 10.6 Å². The lowest BCUT2D eigenvalue weighted by atomic mass is 10.0. The number of rotatable bonds is 3. The van der Waals surface area contributed by atoms with E-state index in [9.17, 15) is 0 Å². The van der Waals surface area contributed by atoms with Crippen LogP contribution < -0.4 is 10.6 Å². The minimum Gasteiger partial charge on any atom is -0.317 e. The summed E-state index contributed by atoms with van der Waals surface area (Å²) in [7, 11) is 0. The quantitative estimate of drug-likeness (QED) is 0.847. The van der Waals surface area contributed by atoms with Gasteiger partial charge in [-0.05, 0) is 44.0 Å². The second-order valence-corrected chi connectivity index (χ2v) is 4.33. The first-order valence-corrected chi connectivity index (χ1v) is 5.85. The van der Waals surface area contributed by atoms with Crippen LogP contribution in [0.1, 0.15) is 24.0 Å². The van der Waals surface area contributed by atoms with Crippen molar-refractivity contribution in [2.24, 2.45) is 0 Å². The molecule has 1 aliphatic rings. The van der Waals surface area contributed by atoms with E-state index in [-0.39, 0.29) is 12.4 Å². The molecule has 2 rings (SSSR count). The third-order valence-corrected chi connectivity index (χ3v) is 3.18. The fourth-order valence-corrected chi connectivity index (χ4v) is 2.09. The Balaban J connectivity index is 0.00000128. The van der Waals surface area contributed by atoms with Crippen molar-refractivity contribution >= 4 is 12.4 Å². The van der Waals surface area contributed by atoms with Crippen LogP contribution in [-0.2, 0) is 6.54 Å². The molecule has 0 radical (unpaired) electrons. The molecular formula is C13H21ClN2. The van der Waals surface area contributed by atoms with E-state index in [4.69, 9.17) is 0 Å². The lowest BCUT2D eigenvalue weighted by Crippen LogP contribution is -2.39. The first kappa shape index (κ1) is 13.5. The summed E-state index contributed by atoms with van der Waals surface area (Å²) < 4.78 is 0. The molecule has 2 nitrogen and oxygen atoms in total. The maximum Gasteiger partial charge on any atom is 0.0210 e. The van der Waals surface area contributed by atoms with Gasteiger partial charge < -0.3 is 10.6 Å². The van der Waals surface area contributed by atoms with Crippen LogP contribution in [0.3, 0.4) is 0 Å². The fraction of sp³-hybridized carbons (Fsp3) is 0.538. The number of halogens is 1. The van der Waals surface area contributed by atoms with Gasteiger partial charge in [0.05, 0.1) is 0 Å². The highest BCUT2D eigenvalue weighted by Crippen LogP contribution is 2.08. The van der Waals surface area contributed by atoms with E-state index >= 15 is 0 Å². The predicted octanol–water partition coefficient (Wildman–Crippen LogP) is 2.26. The molecule has 1 aromatic carbocycles. The predicted molar refractivity (Wildman–Crippen MR) is 71.2 cm³/mol. The number of hydrogen-bond acceptors (Lipinski definition) is 2. The summed E-state index contributed by atoms with van der Waals surface area (Å²) in [6.45, 7) is 5.51. The molecule has 2 N–H and O–H groups in total. The molecular weight excluding hydrogens is 220 g/mol. The van der Waals surface area contributed by atoms with E-state index in [2.05, 4.69) is 41.8 Å².